The van der Waals surface area contributed by atoms with E-state index in [1.54, 1.807) is 6.07 Å². The van der Waals surface area contributed by atoms with Crippen LogP contribution in [0.5, 0.6) is 0 Å². The number of nitrogens with one attached hydrogen (secondary N) is 2. The maximum absolute atomic E-state index is 14.4. The molecule has 9 heteroatoms. The third kappa shape index (κ3) is 4.51. The number of pyridine rings is 2. The highest BCUT2D eigenvalue weighted by molar-refractivity contribution is 5.99. The number of aliphatic hydroxyl groups is 1. The van der Waals surface area contributed by atoms with E-state index in [1.165, 1.54) is 45.5 Å². The van der Waals surface area contributed by atoms with E-state index in [2.05, 4.69) is 26.7 Å². The summed E-state index contributed by atoms with van der Waals surface area (Å²) in [6.45, 7) is 2.47. The summed E-state index contributed by atoms with van der Waals surface area (Å²) < 4.78 is 16.2. The number of rotatable bonds is 7. The molecule has 1 unspecified atom stereocenters. The maximum Gasteiger partial charge on any atom is 0.255 e. The van der Waals surface area contributed by atoms with Crippen molar-refractivity contribution in [3.05, 3.63) is 47.9 Å². The summed E-state index contributed by atoms with van der Waals surface area (Å²) in [7, 11) is 0. The van der Waals surface area contributed by atoms with Gasteiger partial charge < -0.3 is 15.7 Å². The molecule has 3 N–H and O–H groups in total. The van der Waals surface area contributed by atoms with Crippen molar-refractivity contribution in [2.75, 3.05) is 11.9 Å². The summed E-state index contributed by atoms with van der Waals surface area (Å²) in [5, 5.41) is 26.4. The van der Waals surface area contributed by atoms with Gasteiger partial charge in [0.2, 0.25) is 0 Å². The van der Waals surface area contributed by atoms with E-state index in [4.69, 9.17) is 0 Å². The minimum Gasteiger partial charge on any atom is -0.387 e. The Hall–Kier alpha value is -3.51. The molecule has 3 aromatic rings. The molecule has 1 amide bonds. The van der Waals surface area contributed by atoms with Crippen molar-refractivity contribution in [1.29, 1.82) is 5.26 Å². The van der Waals surface area contributed by atoms with Crippen molar-refractivity contribution < 1.29 is 14.3 Å². The van der Waals surface area contributed by atoms with Gasteiger partial charge in [0.15, 0.2) is 0 Å². The average molecular weight is 517 g/mol. The van der Waals surface area contributed by atoms with E-state index in [9.17, 15) is 19.6 Å². The normalized spacial score (nSPS) is 26.8. The monoisotopic (exact) mass is 516 g/mol. The van der Waals surface area contributed by atoms with Gasteiger partial charge in [0.1, 0.15) is 23.7 Å². The first-order chi connectivity index (χ1) is 18.1. The Morgan fingerprint density at radius 3 is 2.53 bits per heavy atom. The molecule has 4 aliphatic carbocycles. The number of aromatic nitrogens is 3. The highest BCUT2D eigenvalue weighted by Crippen LogP contribution is 2.56. The van der Waals surface area contributed by atoms with Crippen molar-refractivity contribution in [3.8, 4) is 11.9 Å². The zero-order valence-electron chi connectivity index (χ0n) is 21.7. The van der Waals surface area contributed by atoms with Gasteiger partial charge in [0, 0.05) is 35.6 Å². The highest BCUT2D eigenvalue weighted by Gasteiger charge is 2.51. The van der Waals surface area contributed by atoms with E-state index >= 15 is 0 Å². The Morgan fingerprint density at radius 2 is 1.89 bits per heavy atom. The van der Waals surface area contributed by atoms with Crippen molar-refractivity contribution >= 4 is 22.6 Å². The number of carbonyl (C=O) groups excluding carboxylic acids is 1. The second-order valence-electron chi connectivity index (χ2n) is 12.2. The predicted molar refractivity (Wildman–Crippen MR) is 142 cm³/mol. The van der Waals surface area contributed by atoms with Gasteiger partial charge in [-0.3, -0.25) is 9.36 Å². The summed E-state index contributed by atoms with van der Waals surface area (Å²) >= 11 is 0. The third-order valence-electron chi connectivity index (χ3n) is 8.68. The summed E-state index contributed by atoms with van der Waals surface area (Å²) in [5.74, 6) is 2.33. The molecule has 0 spiro atoms. The number of carbonyl (C=O) groups is 1. The zero-order chi connectivity index (χ0) is 26.7. The van der Waals surface area contributed by atoms with E-state index in [0.717, 1.165) is 42.4 Å². The molecule has 0 aliphatic heterocycles. The van der Waals surface area contributed by atoms with Crippen LogP contribution in [0, 0.1) is 29.1 Å². The standard InChI is InChI=1S/C29H33FN6O2/c1-28(2,38)24(30)16-34-27(37)22-15-32-25(36-4-3-21-8-20(13-31)14-33-26(21)36)9-23(22)35-29-10-17-5-18(11-29)7-19(6-17)12-29/h3-4,8-9,14-15,17-19,24,38H,5-7,10-12,16H2,1-2H3,(H,32,35)(H,34,37). The second kappa shape index (κ2) is 9.05. The Balaban J connectivity index is 1.35. The quantitative estimate of drug-likeness (QED) is 0.426. The van der Waals surface area contributed by atoms with Crippen LogP contribution in [-0.4, -0.2) is 49.4 Å². The molecule has 8 nitrogen and oxygen atoms in total. The fourth-order valence-corrected chi connectivity index (χ4v) is 7.21. The molecule has 4 fully saturated rings. The first-order valence-electron chi connectivity index (χ1n) is 13.4. The van der Waals surface area contributed by atoms with Crippen molar-refractivity contribution in [1.82, 2.24) is 19.9 Å². The summed E-state index contributed by atoms with van der Waals surface area (Å²) in [4.78, 5) is 22.3. The van der Waals surface area contributed by atoms with Crippen LogP contribution >= 0.6 is 0 Å². The first-order valence-corrected chi connectivity index (χ1v) is 13.4. The van der Waals surface area contributed by atoms with Gasteiger partial charge >= 0.3 is 0 Å². The Labute approximate surface area is 221 Å². The largest absolute Gasteiger partial charge is 0.387 e. The lowest BCUT2D eigenvalue weighted by molar-refractivity contribution is -0.00177. The molecule has 4 bridgehead atoms. The minimum atomic E-state index is -1.60. The molecule has 4 saturated carbocycles. The zero-order valence-corrected chi connectivity index (χ0v) is 21.7. The lowest BCUT2D eigenvalue weighted by Gasteiger charge is -2.57. The number of hydrogen-bond donors (Lipinski definition) is 3. The van der Waals surface area contributed by atoms with Crippen LogP contribution < -0.4 is 10.6 Å². The van der Waals surface area contributed by atoms with Gasteiger partial charge in [-0.2, -0.15) is 5.26 Å². The minimum absolute atomic E-state index is 0.0587. The van der Waals surface area contributed by atoms with E-state index in [1.807, 2.05) is 22.9 Å². The number of halogens is 1. The lowest BCUT2D eigenvalue weighted by atomic mass is 9.53. The number of nitrogens with zero attached hydrogens (tertiary/aromatic N) is 4. The topological polar surface area (TPSA) is 116 Å². The molecule has 0 radical (unpaired) electrons. The van der Waals surface area contributed by atoms with Gasteiger partial charge in [-0.05, 0) is 82.3 Å². The van der Waals surface area contributed by atoms with Gasteiger partial charge in [-0.25, -0.2) is 14.4 Å². The van der Waals surface area contributed by atoms with E-state index in [-0.39, 0.29) is 12.1 Å². The molecule has 1 atom stereocenters. The maximum atomic E-state index is 14.4. The van der Waals surface area contributed by atoms with Crippen LogP contribution in [-0.2, 0) is 0 Å². The van der Waals surface area contributed by atoms with Crippen molar-refractivity contribution in [3.63, 3.8) is 0 Å². The highest BCUT2D eigenvalue weighted by atomic mass is 19.1. The molecule has 4 aliphatic rings. The van der Waals surface area contributed by atoms with Crippen molar-refractivity contribution in [2.24, 2.45) is 17.8 Å². The number of anilines is 1. The van der Waals surface area contributed by atoms with Gasteiger partial charge in [-0.15, -0.1) is 0 Å². The Morgan fingerprint density at radius 1 is 1.21 bits per heavy atom. The predicted octanol–water partition coefficient (Wildman–Crippen LogP) is 4.51. The second-order valence-corrected chi connectivity index (χ2v) is 12.2. The number of fused-ring (bicyclic) bond motifs is 1. The van der Waals surface area contributed by atoms with Crippen molar-refractivity contribution in [2.45, 2.75) is 69.7 Å². The fourth-order valence-electron chi connectivity index (χ4n) is 7.21. The molecular formula is C29H33FN6O2. The Kier molecular flexibility index (Phi) is 5.91. The molecular weight excluding hydrogens is 483 g/mol. The van der Waals surface area contributed by atoms with Crippen LogP contribution in [0.25, 0.3) is 16.9 Å². The van der Waals surface area contributed by atoms with E-state index in [0.29, 0.717) is 28.3 Å². The van der Waals surface area contributed by atoms with Gasteiger partial charge in [0.05, 0.1) is 29.0 Å². The first kappa shape index (κ1) is 24.8. The average Bonchev–Trinajstić information content (AvgIpc) is 3.28. The van der Waals surface area contributed by atoms with Crippen LogP contribution in [0.2, 0.25) is 0 Å². The van der Waals surface area contributed by atoms with E-state index < -0.39 is 17.7 Å². The smallest absolute Gasteiger partial charge is 0.255 e. The van der Waals surface area contributed by atoms with Gasteiger partial charge in [0.25, 0.3) is 5.91 Å². The van der Waals surface area contributed by atoms with Crippen LogP contribution in [0.1, 0.15) is 68.3 Å². The molecule has 198 valence electrons. The number of nitriles is 1. The number of hydrogen-bond acceptors (Lipinski definition) is 6. The molecule has 38 heavy (non-hydrogen) atoms. The number of amides is 1. The molecule has 3 heterocycles. The summed E-state index contributed by atoms with van der Waals surface area (Å²) in [5.41, 5.74) is 0.559. The van der Waals surface area contributed by atoms with Crippen LogP contribution in [0.3, 0.4) is 0 Å². The molecule has 7 rings (SSSR count). The fraction of sp³-hybridized carbons (Fsp3) is 0.517. The van der Waals surface area contributed by atoms with Gasteiger partial charge in [-0.1, -0.05) is 0 Å². The molecule has 0 saturated heterocycles. The lowest BCUT2D eigenvalue weighted by Crippen LogP contribution is -2.55. The number of alkyl halides is 1. The Bertz CT molecular complexity index is 1400. The van der Waals surface area contributed by atoms with Crippen LogP contribution in [0.4, 0.5) is 10.1 Å². The van der Waals surface area contributed by atoms with Crippen LogP contribution in [0.15, 0.2) is 36.8 Å². The third-order valence-corrected chi connectivity index (χ3v) is 8.68. The molecule has 0 aromatic carbocycles. The molecule has 3 aromatic heterocycles. The summed E-state index contributed by atoms with van der Waals surface area (Å²) in [6, 6.07) is 7.65. The summed E-state index contributed by atoms with van der Waals surface area (Å²) in [6.07, 6.45) is 10.5. The SMILES string of the molecule is CC(C)(O)C(F)CNC(=O)c1cnc(-n2ccc3cc(C#N)cnc32)cc1NC12CC3CC(CC(C3)C1)C2.